The summed E-state index contributed by atoms with van der Waals surface area (Å²) in [6, 6.07) is 0. The van der Waals surface area contributed by atoms with E-state index in [1.165, 1.54) is 0 Å². The van der Waals surface area contributed by atoms with E-state index in [4.69, 9.17) is 5.53 Å². The van der Waals surface area contributed by atoms with Crippen LogP contribution in [0.2, 0.25) is 0 Å². The Bertz CT molecular complexity index is 1430. The van der Waals surface area contributed by atoms with E-state index in [0.717, 1.165) is 0 Å². The van der Waals surface area contributed by atoms with Crippen LogP contribution in [0.25, 0.3) is 0 Å². The summed E-state index contributed by atoms with van der Waals surface area (Å²) in [6.45, 7) is 0. The minimum atomic E-state index is -1.18. The zero-order valence-corrected chi connectivity index (χ0v) is 21.6. The number of hydrogen-bond donors (Lipinski definition) is 1. The van der Waals surface area contributed by atoms with E-state index in [-0.39, 0.29) is 0 Å². The van der Waals surface area contributed by atoms with Gasteiger partial charge in [-0.1, -0.05) is 0 Å². The van der Waals surface area contributed by atoms with E-state index < -0.39 is 17.8 Å². The summed E-state index contributed by atoms with van der Waals surface area (Å²) in [5, 5.41) is 121. The Morgan fingerprint density at radius 2 is 0.356 bits per heavy atom. The zero-order valence-electron chi connectivity index (χ0n) is 20.0. The first-order valence-electron chi connectivity index (χ1n) is 8.69. The van der Waals surface area contributed by atoms with Gasteiger partial charge in [-0.25, -0.2) is 0 Å². The zero-order chi connectivity index (χ0) is 32.4. The molecule has 0 rings (SSSR count). The Kier molecular flexibility index (Phi) is 29.4. The Labute approximate surface area is 245 Å². The molecule has 0 radical (unpaired) electrons. The first-order chi connectivity index (χ1) is 22.4. The van der Waals surface area contributed by atoms with E-state index in [0.29, 0.717) is 0 Å². The van der Waals surface area contributed by atoms with Crippen LogP contribution in [-0.2, 0) is 21.2 Å². The summed E-state index contributed by atoms with van der Waals surface area (Å²) in [5.41, 5.74) is 6.24. The van der Waals surface area contributed by atoms with Crippen LogP contribution in [0.1, 0.15) is 0 Å². The molecular formula is HN43OPd. The third-order valence-corrected chi connectivity index (χ3v) is 1.92. The topological polar surface area (TPSA) is 560 Å². The predicted molar refractivity (Wildman–Crippen MR) is 105 cm³/mol. The van der Waals surface area contributed by atoms with Crippen LogP contribution in [0.3, 0.4) is 0 Å². The Balaban J connectivity index is 4.04. The van der Waals surface area contributed by atoms with Crippen LogP contribution in [-0.4, -0.2) is 0 Å². The van der Waals surface area contributed by atoms with Gasteiger partial charge in [0.15, 0.2) is 0 Å². The second kappa shape index (κ2) is 35.9. The fourth-order valence-electron chi connectivity index (χ4n) is 0.724. The van der Waals surface area contributed by atoms with Gasteiger partial charge in [0.25, 0.3) is 0 Å². The molecule has 0 aliphatic heterocycles. The molecule has 45 heteroatoms. The van der Waals surface area contributed by atoms with Gasteiger partial charge in [-0.15, -0.1) is 0 Å². The van der Waals surface area contributed by atoms with Crippen LogP contribution in [0.5, 0.6) is 0 Å². The molecule has 0 heterocycles. The van der Waals surface area contributed by atoms with Crippen LogP contribution in [0.15, 0.2) is 218 Å². The SMILES string of the molecule is N=N/N=N/N=N/N=N/N=N/N=N/N=N/N=N/N=N/N=N/N=N/N=N/N=N/N=N/N=N/N=N/N=N/N=N/N=N/N=N/N=N/[N]=[Pd]=[O]. The molecule has 0 amide bonds. The standard InChI is InChI=1S/HN43.O.Pd/c1-3-5-7-9-11-13-15-17-19-21-23-25-27-29-31-33-35-37-39-41-43-42-40-38-36-34-32-30-28-26-24-22-20-18-16-14-12-10-8-6-4-2;;/h1H;;/b3-1?,6-4+,7-5+,10-8+,11-9+,14-12+,15-13+,18-16+,19-17+,22-20+,23-21+,26-24+,27-25+,30-28+,31-29+,34-32+,35-33+,38-36+,39-37+,42-40+,43-41+;;. The second-order valence-corrected chi connectivity index (χ2v) is 4.39. The summed E-state index contributed by atoms with van der Waals surface area (Å²) in [6.07, 6.45) is 0. The van der Waals surface area contributed by atoms with Crippen molar-refractivity contribution in [1.82, 2.24) is 0 Å². The summed E-state index contributed by atoms with van der Waals surface area (Å²) >= 11 is -1.18. The average molecular weight is 726 g/mol. The van der Waals surface area contributed by atoms with Crippen LogP contribution >= 0.6 is 0 Å². The predicted octanol–water partition coefficient (Wildman–Crippen LogP) is 7.89. The van der Waals surface area contributed by atoms with Gasteiger partial charge < -0.3 is 0 Å². The average Bonchev–Trinajstić information content (AvgIpc) is 3.05. The molecule has 45 heavy (non-hydrogen) atoms. The second-order valence-electron chi connectivity index (χ2n) is 3.80. The molecule has 1 N–H and O–H groups in total. The third kappa shape index (κ3) is 35.9. The van der Waals surface area contributed by atoms with E-state index in [1.807, 2.05) is 0 Å². The van der Waals surface area contributed by atoms with Crippen LogP contribution in [0.4, 0.5) is 0 Å². The van der Waals surface area contributed by atoms with Gasteiger partial charge in [-0.05, 0) is 41.8 Å². The van der Waals surface area contributed by atoms with Gasteiger partial charge in [-0.2, -0.15) is 5.53 Å². The molecule has 0 saturated heterocycles. The van der Waals surface area contributed by atoms with Crippen molar-refractivity contribution in [3.05, 3.63) is 0 Å². The summed E-state index contributed by atoms with van der Waals surface area (Å²) in [4.78, 5) is 0. The van der Waals surface area contributed by atoms with Gasteiger partial charge in [-0.3, -0.25) is 0 Å². The summed E-state index contributed by atoms with van der Waals surface area (Å²) < 4.78 is 12.9. The van der Waals surface area contributed by atoms with Crippen molar-refractivity contribution < 1.29 is 21.2 Å². The molecule has 0 saturated carbocycles. The van der Waals surface area contributed by atoms with Crippen molar-refractivity contribution in [2.75, 3.05) is 0 Å². The van der Waals surface area contributed by atoms with Gasteiger partial charge in [0.05, 0.1) is 0 Å². The molecule has 0 aromatic rings. The van der Waals surface area contributed by atoms with Crippen LogP contribution < -0.4 is 0 Å². The fraction of sp³-hybridized carbons (Fsp3) is 0. The molecule has 232 valence electrons. The molecule has 0 atom stereocenters. The first-order valence-corrected chi connectivity index (χ1v) is 10.0. The molecule has 0 aliphatic carbocycles. The van der Waals surface area contributed by atoms with E-state index in [2.05, 4.69) is 218 Å². The van der Waals surface area contributed by atoms with Gasteiger partial charge >= 0.3 is 82.4 Å². The number of rotatable bonds is 21. The van der Waals surface area contributed by atoms with Gasteiger partial charge in [0, 0.05) is 115 Å². The minimum absolute atomic E-state index is 1.18. The van der Waals surface area contributed by atoms with E-state index in [9.17, 15) is 3.47 Å². The van der Waals surface area contributed by atoms with Crippen molar-refractivity contribution >= 4 is 0 Å². The number of hydrogen-bond acceptors (Lipinski definition) is 3. The molecular weight excluding hydrogens is 725 g/mol. The monoisotopic (exact) mass is 725 g/mol. The van der Waals surface area contributed by atoms with Crippen LogP contribution in [0, 0.1) is 5.53 Å². The molecule has 0 aromatic carbocycles. The quantitative estimate of drug-likeness (QED) is 0.0688. The number of nitrogens with one attached hydrogen (secondary N) is 1. The first kappa shape index (κ1) is 36.9. The molecule has 0 aromatic heterocycles. The van der Waals surface area contributed by atoms with Gasteiger partial charge in [0.2, 0.25) is 0 Å². The van der Waals surface area contributed by atoms with Crippen molar-refractivity contribution in [3.63, 3.8) is 0 Å². The molecule has 0 unspecified atom stereocenters. The fourth-order valence-corrected chi connectivity index (χ4v) is 0.843. The van der Waals surface area contributed by atoms with Crippen molar-refractivity contribution in [1.29, 1.82) is 5.53 Å². The number of nitrogens with zero attached hydrogens (tertiary/aromatic N) is 42. The van der Waals surface area contributed by atoms with Crippen molar-refractivity contribution in [2.45, 2.75) is 0 Å². The van der Waals surface area contributed by atoms with Crippen molar-refractivity contribution in [2.24, 2.45) is 218 Å². The molecule has 44 nitrogen and oxygen atoms in total. The molecule has 0 fully saturated rings. The maximum atomic E-state index is 9.92. The Hall–Kier alpha value is -8.14. The van der Waals surface area contributed by atoms with Gasteiger partial charge in [0.1, 0.15) is 0 Å². The summed E-state index contributed by atoms with van der Waals surface area (Å²) in [7, 11) is 0. The van der Waals surface area contributed by atoms with E-state index >= 15 is 0 Å². The van der Waals surface area contributed by atoms with E-state index in [1.54, 1.807) is 0 Å². The normalized spacial score (nSPS) is 15.0. The molecule has 0 spiro atoms. The Morgan fingerprint density at radius 1 is 0.222 bits per heavy atom. The molecule has 0 aliphatic rings. The third-order valence-electron chi connectivity index (χ3n) is 1.66. The van der Waals surface area contributed by atoms with Crippen molar-refractivity contribution in [3.8, 4) is 0 Å². The maximum absolute atomic E-state index is 9.92. The Morgan fingerprint density at radius 3 is 0.489 bits per heavy atom. The summed E-state index contributed by atoms with van der Waals surface area (Å²) in [5.74, 6) is 0. The molecule has 0 bridgehead atoms.